The molecule has 1 heterocycles. The molecule has 32 heavy (non-hydrogen) atoms. The highest BCUT2D eigenvalue weighted by Crippen LogP contribution is 2.39. The highest BCUT2D eigenvalue weighted by molar-refractivity contribution is 6.46. The second-order valence-corrected chi connectivity index (χ2v) is 8.26. The number of amides is 1. The molecule has 0 spiro atoms. The van der Waals surface area contributed by atoms with E-state index in [1.165, 1.54) is 4.90 Å². The number of aliphatic hydroxyl groups excluding tert-OH is 1. The zero-order valence-corrected chi connectivity index (χ0v) is 19.2. The number of nitrogens with zero attached hydrogens (tertiary/aromatic N) is 2. The number of hydrogen-bond donors (Lipinski definition) is 1. The summed E-state index contributed by atoms with van der Waals surface area (Å²) < 4.78 is 10.9. The van der Waals surface area contributed by atoms with Crippen molar-refractivity contribution in [3.8, 4) is 11.5 Å². The monoisotopic (exact) mass is 438 g/mol. The van der Waals surface area contributed by atoms with E-state index in [1.54, 1.807) is 31.4 Å². The molecule has 0 aliphatic carbocycles. The molecule has 1 aliphatic heterocycles. The summed E-state index contributed by atoms with van der Waals surface area (Å²) in [6.07, 6.45) is 0.0293. The van der Waals surface area contributed by atoms with Gasteiger partial charge in [0.25, 0.3) is 11.7 Å². The number of likely N-dealkylation sites (tertiary alicyclic amines) is 1. The van der Waals surface area contributed by atoms with Gasteiger partial charge in [0.1, 0.15) is 17.3 Å². The Morgan fingerprint density at radius 1 is 1.03 bits per heavy atom. The fraction of sp³-hybridized carbons (Fsp3) is 0.360. The summed E-state index contributed by atoms with van der Waals surface area (Å²) in [6, 6.07) is 13.3. The number of ether oxygens (including phenoxy) is 2. The fourth-order valence-corrected chi connectivity index (χ4v) is 3.67. The van der Waals surface area contributed by atoms with E-state index in [9.17, 15) is 14.7 Å². The molecule has 0 unspecified atom stereocenters. The smallest absolute Gasteiger partial charge is 0.295 e. The molecular formula is C25H30N2O5. The first-order chi connectivity index (χ1) is 15.2. The summed E-state index contributed by atoms with van der Waals surface area (Å²) in [6.45, 7) is 4.82. The lowest BCUT2D eigenvalue weighted by Gasteiger charge is -2.26. The van der Waals surface area contributed by atoms with Gasteiger partial charge in [-0.3, -0.25) is 9.59 Å². The summed E-state index contributed by atoms with van der Waals surface area (Å²) >= 11 is 0. The summed E-state index contributed by atoms with van der Waals surface area (Å²) in [5.41, 5.74) is 1.26. The van der Waals surface area contributed by atoms with E-state index in [-0.39, 0.29) is 17.4 Å². The van der Waals surface area contributed by atoms with Crippen LogP contribution in [-0.2, 0) is 9.59 Å². The van der Waals surface area contributed by atoms with Crippen molar-refractivity contribution in [1.29, 1.82) is 0 Å². The van der Waals surface area contributed by atoms with Gasteiger partial charge in [-0.2, -0.15) is 0 Å². The zero-order valence-electron chi connectivity index (χ0n) is 19.2. The number of carbonyl (C=O) groups excluding carboxylic acids is 2. The molecule has 2 aromatic carbocycles. The molecule has 0 radical (unpaired) electrons. The maximum absolute atomic E-state index is 13.0. The topological polar surface area (TPSA) is 79.3 Å². The van der Waals surface area contributed by atoms with Gasteiger partial charge in [0, 0.05) is 18.7 Å². The average molecular weight is 439 g/mol. The number of carbonyl (C=O) groups is 2. The molecule has 7 heteroatoms. The van der Waals surface area contributed by atoms with E-state index in [0.29, 0.717) is 30.2 Å². The molecule has 0 bridgehead atoms. The predicted octanol–water partition coefficient (Wildman–Crippen LogP) is 3.47. The summed E-state index contributed by atoms with van der Waals surface area (Å²) in [4.78, 5) is 29.4. The van der Waals surface area contributed by atoms with Gasteiger partial charge in [-0.25, -0.2) is 0 Å². The number of methoxy groups -OCH3 is 1. The normalized spacial score (nSPS) is 18.0. The van der Waals surface area contributed by atoms with Crippen LogP contribution >= 0.6 is 0 Å². The molecule has 1 fully saturated rings. The Morgan fingerprint density at radius 2 is 1.62 bits per heavy atom. The fourth-order valence-electron chi connectivity index (χ4n) is 3.67. The minimum atomic E-state index is -0.690. The van der Waals surface area contributed by atoms with Crippen LogP contribution in [0.25, 0.3) is 5.76 Å². The molecule has 0 aromatic heterocycles. The molecule has 7 nitrogen and oxygen atoms in total. The average Bonchev–Trinajstić information content (AvgIpc) is 3.02. The van der Waals surface area contributed by atoms with Crippen LogP contribution in [0.5, 0.6) is 11.5 Å². The van der Waals surface area contributed by atoms with Crippen LogP contribution in [0.3, 0.4) is 0 Å². The first-order valence-corrected chi connectivity index (χ1v) is 10.6. The largest absolute Gasteiger partial charge is 0.507 e. The van der Waals surface area contributed by atoms with Crippen LogP contribution in [0.1, 0.15) is 31.0 Å². The second kappa shape index (κ2) is 9.87. The number of rotatable bonds is 8. The number of benzene rings is 2. The maximum atomic E-state index is 13.0. The Labute approximate surface area is 188 Å². The minimum Gasteiger partial charge on any atom is -0.507 e. The van der Waals surface area contributed by atoms with Gasteiger partial charge in [0.2, 0.25) is 0 Å². The van der Waals surface area contributed by atoms with Gasteiger partial charge in [-0.1, -0.05) is 12.1 Å². The van der Waals surface area contributed by atoms with E-state index >= 15 is 0 Å². The third kappa shape index (κ3) is 4.94. The van der Waals surface area contributed by atoms with Gasteiger partial charge in [0.15, 0.2) is 0 Å². The van der Waals surface area contributed by atoms with E-state index in [0.717, 1.165) is 5.56 Å². The van der Waals surface area contributed by atoms with Crippen LogP contribution < -0.4 is 9.47 Å². The molecule has 1 atom stereocenters. The SMILES string of the molecule is COc1ccc(/C(O)=C2\C(=O)C(=O)N(CCN(C)C)[C@H]2c2ccc(OC(C)C)cc2)cc1. The summed E-state index contributed by atoms with van der Waals surface area (Å²) in [5.74, 6) is -0.181. The quantitative estimate of drug-likeness (QED) is 0.386. The van der Waals surface area contributed by atoms with Crippen molar-refractivity contribution in [2.45, 2.75) is 26.0 Å². The van der Waals surface area contributed by atoms with Gasteiger partial charge in [0.05, 0.1) is 24.8 Å². The van der Waals surface area contributed by atoms with Crippen LogP contribution in [0.15, 0.2) is 54.1 Å². The molecule has 0 saturated carbocycles. The Morgan fingerprint density at radius 3 is 2.16 bits per heavy atom. The molecule has 1 aliphatic rings. The van der Waals surface area contributed by atoms with Crippen LogP contribution in [-0.4, -0.2) is 67.0 Å². The Bertz CT molecular complexity index is 994. The number of likely N-dealkylation sites (N-methyl/N-ethyl adjacent to an activating group) is 1. The Balaban J connectivity index is 2.07. The van der Waals surface area contributed by atoms with Crippen LogP contribution in [0, 0.1) is 0 Å². The van der Waals surface area contributed by atoms with Gasteiger partial charge >= 0.3 is 0 Å². The highest BCUT2D eigenvalue weighted by Gasteiger charge is 2.45. The van der Waals surface area contributed by atoms with Crippen molar-refractivity contribution in [2.75, 3.05) is 34.3 Å². The zero-order chi connectivity index (χ0) is 23.4. The third-order valence-electron chi connectivity index (χ3n) is 5.26. The Hall–Kier alpha value is -3.32. The minimum absolute atomic E-state index is 0.0293. The van der Waals surface area contributed by atoms with E-state index in [4.69, 9.17) is 9.47 Å². The number of hydrogen-bond acceptors (Lipinski definition) is 6. The molecule has 1 saturated heterocycles. The van der Waals surface area contributed by atoms with E-state index < -0.39 is 17.7 Å². The molecular weight excluding hydrogens is 408 g/mol. The van der Waals surface area contributed by atoms with E-state index in [1.807, 2.05) is 57.1 Å². The van der Waals surface area contributed by atoms with E-state index in [2.05, 4.69) is 0 Å². The Kier molecular flexibility index (Phi) is 7.20. The van der Waals surface area contributed by atoms with Crippen LogP contribution in [0.2, 0.25) is 0 Å². The van der Waals surface area contributed by atoms with Crippen molar-refractivity contribution in [2.24, 2.45) is 0 Å². The first-order valence-electron chi connectivity index (χ1n) is 10.6. The lowest BCUT2D eigenvalue weighted by atomic mass is 9.95. The van der Waals surface area contributed by atoms with Crippen molar-refractivity contribution < 1.29 is 24.2 Å². The summed E-state index contributed by atoms with van der Waals surface area (Å²) in [5, 5.41) is 11.1. The molecule has 1 N–H and O–H groups in total. The molecule has 3 rings (SSSR count). The number of aliphatic hydroxyl groups is 1. The van der Waals surface area contributed by atoms with Gasteiger partial charge < -0.3 is 24.4 Å². The lowest BCUT2D eigenvalue weighted by Crippen LogP contribution is -2.35. The first kappa shape index (κ1) is 23.3. The molecule has 170 valence electrons. The van der Waals surface area contributed by atoms with Gasteiger partial charge in [-0.15, -0.1) is 0 Å². The summed E-state index contributed by atoms with van der Waals surface area (Å²) in [7, 11) is 5.36. The highest BCUT2D eigenvalue weighted by atomic mass is 16.5. The van der Waals surface area contributed by atoms with Crippen molar-refractivity contribution in [3.63, 3.8) is 0 Å². The van der Waals surface area contributed by atoms with Gasteiger partial charge in [-0.05, 0) is 69.9 Å². The van der Waals surface area contributed by atoms with Crippen molar-refractivity contribution in [3.05, 3.63) is 65.2 Å². The van der Waals surface area contributed by atoms with Crippen molar-refractivity contribution in [1.82, 2.24) is 9.80 Å². The second-order valence-electron chi connectivity index (χ2n) is 8.26. The maximum Gasteiger partial charge on any atom is 0.295 e. The molecule has 1 amide bonds. The third-order valence-corrected chi connectivity index (χ3v) is 5.26. The number of ketones is 1. The van der Waals surface area contributed by atoms with Crippen molar-refractivity contribution >= 4 is 17.4 Å². The predicted molar refractivity (Wildman–Crippen MR) is 123 cm³/mol. The standard InChI is InChI=1S/C25H30N2O5/c1-16(2)32-20-12-6-17(7-13-20)22-21(23(28)18-8-10-19(31-5)11-9-18)24(29)25(30)27(22)15-14-26(3)4/h6-13,16,22,28H,14-15H2,1-5H3/b23-21+/t22-/m0/s1. The lowest BCUT2D eigenvalue weighted by molar-refractivity contribution is -0.140. The number of Topliss-reactive ketones (excluding diaryl/α,β-unsaturated/α-hetero) is 1. The molecule has 2 aromatic rings. The van der Waals surface area contributed by atoms with Crippen LogP contribution in [0.4, 0.5) is 0 Å².